The molecule has 2 aromatic heterocycles. The van der Waals surface area contributed by atoms with E-state index in [2.05, 4.69) is 27.3 Å². The Kier molecular flexibility index (Phi) is 3.86. The number of rotatable bonds is 4. The highest BCUT2D eigenvalue weighted by atomic mass is 19.4. The van der Waals surface area contributed by atoms with Gasteiger partial charge in [-0.05, 0) is 30.7 Å². The van der Waals surface area contributed by atoms with Gasteiger partial charge in [-0.2, -0.15) is 22.7 Å². The van der Waals surface area contributed by atoms with Crippen molar-refractivity contribution in [1.82, 2.24) is 19.6 Å². The highest BCUT2D eigenvalue weighted by Gasteiger charge is 2.41. The normalized spacial score (nSPS) is 21.0. The highest BCUT2D eigenvalue weighted by Crippen LogP contribution is 2.48. The van der Waals surface area contributed by atoms with Crippen LogP contribution < -0.4 is 5.32 Å². The van der Waals surface area contributed by atoms with Gasteiger partial charge in [0, 0.05) is 11.8 Å². The summed E-state index contributed by atoms with van der Waals surface area (Å²) in [6.45, 7) is 3.90. The molecule has 4 rings (SSSR count). The van der Waals surface area contributed by atoms with Crippen LogP contribution >= 0.6 is 0 Å². The maximum Gasteiger partial charge on any atom is 0.453 e. The first-order valence-corrected chi connectivity index (χ1v) is 8.46. The maximum absolute atomic E-state index is 13.0. The van der Waals surface area contributed by atoms with Gasteiger partial charge in [-0.3, -0.25) is 0 Å². The molecule has 8 heteroatoms. The van der Waals surface area contributed by atoms with Crippen molar-refractivity contribution in [3.05, 3.63) is 53.5 Å². The standard InChI is InChI=1S/C18H18F3N5/c1-10-8-13(10)15(12-6-4-3-5-7-12)23-14-9-11(2)22-17-24-16(18(19,20)21)25-26(14)17/h3-7,9-10,13,15,23H,8H2,1-2H3. The molecule has 0 radical (unpaired) electrons. The van der Waals surface area contributed by atoms with E-state index in [1.807, 2.05) is 30.3 Å². The summed E-state index contributed by atoms with van der Waals surface area (Å²) in [5.41, 5.74) is 1.68. The number of nitrogens with one attached hydrogen (secondary N) is 1. The van der Waals surface area contributed by atoms with Gasteiger partial charge in [0.05, 0.1) is 6.04 Å². The van der Waals surface area contributed by atoms with Crippen molar-refractivity contribution in [3.8, 4) is 0 Å². The van der Waals surface area contributed by atoms with Crippen molar-refractivity contribution < 1.29 is 13.2 Å². The Labute approximate surface area is 148 Å². The van der Waals surface area contributed by atoms with Crippen LogP contribution in [-0.2, 0) is 6.18 Å². The third kappa shape index (κ3) is 3.11. The van der Waals surface area contributed by atoms with E-state index in [0.717, 1.165) is 16.5 Å². The van der Waals surface area contributed by atoms with E-state index in [9.17, 15) is 13.2 Å². The van der Waals surface area contributed by atoms with Crippen molar-refractivity contribution in [3.63, 3.8) is 0 Å². The first kappa shape index (κ1) is 16.8. The lowest BCUT2D eigenvalue weighted by molar-refractivity contribution is -0.144. The molecule has 1 saturated carbocycles. The molecule has 5 nitrogen and oxygen atoms in total. The minimum Gasteiger partial charge on any atom is -0.363 e. The molecule has 1 aromatic carbocycles. The number of anilines is 1. The Morgan fingerprint density at radius 1 is 1.19 bits per heavy atom. The molecule has 0 saturated heterocycles. The molecule has 0 aliphatic heterocycles. The number of aromatic nitrogens is 4. The molecule has 1 aliphatic carbocycles. The fourth-order valence-corrected chi connectivity index (χ4v) is 3.28. The minimum absolute atomic E-state index is 0.00487. The summed E-state index contributed by atoms with van der Waals surface area (Å²) in [5.74, 6) is 0.202. The second kappa shape index (κ2) is 5.96. The molecular weight excluding hydrogens is 343 g/mol. The highest BCUT2D eigenvalue weighted by molar-refractivity contribution is 5.48. The Morgan fingerprint density at radius 2 is 1.88 bits per heavy atom. The van der Waals surface area contributed by atoms with Crippen LogP contribution in [0.15, 0.2) is 36.4 Å². The molecule has 136 valence electrons. The third-order valence-corrected chi connectivity index (χ3v) is 4.76. The Balaban J connectivity index is 1.76. The second-order valence-electron chi connectivity index (χ2n) is 6.84. The predicted octanol–water partition coefficient (Wildman–Crippen LogP) is 4.26. The summed E-state index contributed by atoms with van der Waals surface area (Å²) < 4.78 is 40.1. The van der Waals surface area contributed by atoms with Gasteiger partial charge in [0.15, 0.2) is 0 Å². The predicted molar refractivity (Wildman–Crippen MR) is 90.6 cm³/mol. The lowest BCUT2D eigenvalue weighted by Crippen LogP contribution is -2.17. The lowest BCUT2D eigenvalue weighted by Gasteiger charge is -2.21. The number of hydrogen-bond acceptors (Lipinski definition) is 4. The van der Waals surface area contributed by atoms with Crippen molar-refractivity contribution in [2.75, 3.05) is 5.32 Å². The molecule has 1 fully saturated rings. The molecule has 3 unspecified atom stereocenters. The molecule has 1 aliphatic rings. The molecular formula is C18H18F3N5. The molecule has 3 atom stereocenters. The number of benzene rings is 1. The van der Waals surface area contributed by atoms with Crippen LogP contribution in [0.25, 0.3) is 5.78 Å². The van der Waals surface area contributed by atoms with E-state index >= 15 is 0 Å². The zero-order chi connectivity index (χ0) is 18.5. The van der Waals surface area contributed by atoms with Crippen LogP contribution in [0.5, 0.6) is 0 Å². The minimum atomic E-state index is -4.61. The van der Waals surface area contributed by atoms with Crippen LogP contribution in [0.2, 0.25) is 0 Å². The average molecular weight is 361 g/mol. The Hall–Kier alpha value is -2.64. The Bertz CT molecular complexity index is 935. The second-order valence-corrected chi connectivity index (χ2v) is 6.84. The number of aryl methyl sites for hydroxylation is 1. The van der Waals surface area contributed by atoms with E-state index in [-0.39, 0.29) is 11.8 Å². The van der Waals surface area contributed by atoms with Crippen molar-refractivity contribution in [1.29, 1.82) is 0 Å². The molecule has 2 heterocycles. The van der Waals surface area contributed by atoms with Crippen molar-refractivity contribution in [2.24, 2.45) is 11.8 Å². The van der Waals surface area contributed by atoms with E-state index in [0.29, 0.717) is 23.3 Å². The topological polar surface area (TPSA) is 55.1 Å². The van der Waals surface area contributed by atoms with Gasteiger partial charge in [0.25, 0.3) is 11.6 Å². The molecule has 0 bridgehead atoms. The van der Waals surface area contributed by atoms with Gasteiger partial charge >= 0.3 is 6.18 Å². The molecule has 3 aromatic rings. The summed E-state index contributed by atoms with van der Waals surface area (Å²) in [6.07, 6.45) is -3.53. The first-order chi connectivity index (χ1) is 12.3. The number of alkyl halides is 3. The average Bonchev–Trinajstić information content (AvgIpc) is 3.13. The Morgan fingerprint density at radius 3 is 2.50 bits per heavy atom. The van der Waals surface area contributed by atoms with E-state index < -0.39 is 12.0 Å². The molecule has 0 amide bonds. The zero-order valence-corrected chi connectivity index (χ0v) is 14.3. The van der Waals surface area contributed by atoms with Crippen LogP contribution in [0.3, 0.4) is 0 Å². The fraction of sp³-hybridized carbons (Fsp3) is 0.389. The van der Waals surface area contributed by atoms with Crippen molar-refractivity contribution in [2.45, 2.75) is 32.5 Å². The lowest BCUT2D eigenvalue weighted by atomic mass is 10.0. The summed E-state index contributed by atoms with van der Waals surface area (Å²) >= 11 is 0. The van der Waals surface area contributed by atoms with E-state index in [1.54, 1.807) is 13.0 Å². The molecule has 26 heavy (non-hydrogen) atoms. The van der Waals surface area contributed by atoms with Gasteiger partial charge in [-0.1, -0.05) is 37.3 Å². The van der Waals surface area contributed by atoms with Gasteiger partial charge < -0.3 is 5.32 Å². The smallest absolute Gasteiger partial charge is 0.363 e. The summed E-state index contributed by atoms with van der Waals surface area (Å²) in [6, 6.07) is 11.6. The monoisotopic (exact) mass is 361 g/mol. The summed E-state index contributed by atoms with van der Waals surface area (Å²) in [5, 5.41) is 7.02. The van der Waals surface area contributed by atoms with Crippen LogP contribution in [0.1, 0.15) is 36.5 Å². The van der Waals surface area contributed by atoms with Crippen LogP contribution in [0, 0.1) is 18.8 Å². The van der Waals surface area contributed by atoms with E-state index in [4.69, 9.17) is 0 Å². The number of nitrogens with zero attached hydrogens (tertiary/aromatic N) is 4. The fourth-order valence-electron chi connectivity index (χ4n) is 3.28. The summed E-state index contributed by atoms with van der Waals surface area (Å²) in [7, 11) is 0. The van der Waals surface area contributed by atoms with Gasteiger partial charge in [-0.25, -0.2) is 4.98 Å². The van der Waals surface area contributed by atoms with Gasteiger partial charge in [0.2, 0.25) is 0 Å². The molecule has 1 N–H and O–H groups in total. The quantitative estimate of drug-likeness (QED) is 0.754. The van der Waals surface area contributed by atoms with Crippen LogP contribution in [-0.4, -0.2) is 19.6 Å². The number of halogens is 3. The zero-order valence-electron chi connectivity index (χ0n) is 14.3. The van der Waals surface area contributed by atoms with E-state index in [1.165, 1.54) is 0 Å². The summed E-state index contributed by atoms with van der Waals surface area (Å²) in [4.78, 5) is 7.61. The van der Waals surface area contributed by atoms with Crippen molar-refractivity contribution >= 4 is 11.6 Å². The van der Waals surface area contributed by atoms with Gasteiger partial charge in [0.1, 0.15) is 5.82 Å². The maximum atomic E-state index is 13.0. The SMILES string of the molecule is Cc1cc(NC(c2ccccc2)C2CC2C)n2nc(C(F)(F)F)nc2n1. The van der Waals surface area contributed by atoms with Crippen LogP contribution in [0.4, 0.5) is 19.0 Å². The number of fused-ring (bicyclic) bond motifs is 1. The molecule has 0 spiro atoms. The number of hydrogen-bond donors (Lipinski definition) is 1. The first-order valence-electron chi connectivity index (χ1n) is 8.46. The third-order valence-electron chi connectivity index (χ3n) is 4.76. The largest absolute Gasteiger partial charge is 0.453 e. The van der Waals surface area contributed by atoms with Gasteiger partial charge in [-0.15, -0.1) is 5.10 Å².